The van der Waals surface area contributed by atoms with Crippen molar-refractivity contribution < 1.29 is 0 Å². The van der Waals surface area contributed by atoms with Crippen molar-refractivity contribution in [3.05, 3.63) is 108 Å². The summed E-state index contributed by atoms with van der Waals surface area (Å²) in [6.07, 6.45) is 9.56. The summed E-state index contributed by atoms with van der Waals surface area (Å²) < 4.78 is 2.26. The van der Waals surface area contributed by atoms with Crippen LogP contribution in [-0.2, 0) is 12.8 Å². The summed E-state index contributed by atoms with van der Waals surface area (Å²) in [5.74, 6) is 0. The lowest BCUT2D eigenvalue weighted by Gasteiger charge is -2.12. The van der Waals surface area contributed by atoms with Crippen LogP contribution in [0.5, 0.6) is 0 Å². The van der Waals surface area contributed by atoms with E-state index in [2.05, 4.69) is 69.0 Å². The molecule has 2 aliphatic rings. The van der Waals surface area contributed by atoms with Crippen molar-refractivity contribution in [2.24, 2.45) is 0 Å². The molecule has 4 aromatic heterocycles. The molecule has 0 aliphatic heterocycles. The van der Waals surface area contributed by atoms with Gasteiger partial charge in [0, 0.05) is 34.7 Å². The van der Waals surface area contributed by atoms with Crippen LogP contribution in [0.25, 0.3) is 60.6 Å². The minimum absolute atomic E-state index is 0.914. The van der Waals surface area contributed by atoms with Crippen LogP contribution in [0, 0.1) is 0 Å². The Morgan fingerprint density at radius 1 is 0.600 bits per heavy atom. The predicted octanol–water partition coefficient (Wildman–Crippen LogP) is 6.73. The first-order chi connectivity index (χ1) is 17.4. The van der Waals surface area contributed by atoms with E-state index in [-0.39, 0.29) is 0 Å². The number of aromatic nitrogens is 4. The van der Waals surface area contributed by atoms with Gasteiger partial charge in [0.2, 0.25) is 0 Å². The fourth-order valence-corrected chi connectivity index (χ4v) is 6.62. The SMILES string of the molecule is c1ccc2c(c1)Cc1c-2ccc2c1Cc1c-2ccc2c1c1cnccc1n1c3ccncc3nc21. The van der Waals surface area contributed by atoms with Crippen molar-refractivity contribution in [1.29, 1.82) is 0 Å². The summed E-state index contributed by atoms with van der Waals surface area (Å²) in [6, 6.07) is 22.2. The Kier molecular flexibility index (Phi) is 3.11. The number of pyridine rings is 3. The van der Waals surface area contributed by atoms with Crippen LogP contribution in [0.15, 0.2) is 85.5 Å². The van der Waals surface area contributed by atoms with Gasteiger partial charge in [0.05, 0.1) is 17.2 Å². The molecule has 35 heavy (non-hydrogen) atoms. The lowest BCUT2D eigenvalue weighted by Crippen LogP contribution is -1.95. The molecule has 0 N–H and O–H groups in total. The molecule has 0 saturated heterocycles. The average Bonchev–Trinajstić information content (AvgIpc) is 3.59. The van der Waals surface area contributed by atoms with Crippen LogP contribution in [-0.4, -0.2) is 19.4 Å². The number of rotatable bonds is 0. The van der Waals surface area contributed by atoms with E-state index in [1.165, 1.54) is 60.7 Å². The lowest BCUT2D eigenvalue weighted by atomic mass is 9.96. The third kappa shape index (κ3) is 2.11. The summed E-state index contributed by atoms with van der Waals surface area (Å²) in [6.45, 7) is 0. The molecule has 4 heteroatoms. The molecule has 0 spiro atoms. The van der Waals surface area contributed by atoms with Gasteiger partial charge in [-0.1, -0.05) is 42.5 Å². The second-order valence-corrected chi connectivity index (χ2v) is 9.67. The van der Waals surface area contributed by atoms with E-state index in [4.69, 9.17) is 4.98 Å². The Morgan fingerprint density at radius 2 is 1.34 bits per heavy atom. The largest absolute Gasteiger partial charge is 0.291 e. The Morgan fingerprint density at radius 3 is 2.29 bits per heavy atom. The fraction of sp³-hybridized carbons (Fsp3) is 0.0645. The maximum Gasteiger partial charge on any atom is 0.146 e. The first-order valence-corrected chi connectivity index (χ1v) is 12.0. The van der Waals surface area contributed by atoms with Crippen molar-refractivity contribution >= 4 is 38.4 Å². The van der Waals surface area contributed by atoms with Crippen molar-refractivity contribution in [1.82, 2.24) is 19.4 Å². The molecular formula is C31H18N4. The zero-order chi connectivity index (χ0) is 22.7. The Balaban J connectivity index is 1.39. The second kappa shape index (κ2) is 6.10. The summed E-state index contributed by atoms with van der Waals surface area (Å²) in [4.78, 5) is 13.9. The molecule has 0 fully saturated rings. The van der Waals surface area contributed by atoms with Gasteiger partial charge in [-0.05, 0) is 75.5 Å². The topological polar surface area (TPSA) is 43.1 Å². The van der Waals surface area contributed by atoms with E-state index in [1.54, 1.807) is 0 Å². The first kappa shape index (κ1) is 17.8. The number of benzene rings is 3. The number of fused-ring (bicyclic) bond motifs is 16. The highest BCUT2D eigenvalue weighted by Crippen LogP contribution is 2.49. The molecule has 7 aromatic rings. The van der Waals surface area contributed by atoms with Crippen LogP contribution in [0.3, 0.4) is 0 Å². The van der Waals surface area contributed by atoms with Gasteiger partial charge >= 0.3 is 0 Å². The van der Waals surface area contributed by atoms with Crippen LogP contribution < -0.4 is 0 Å². The lowest BCUT2D eigenvalue weighted by molar-refractivity contribution is 1.17. The molecule has 9 rings (SSSR count). The highest BCUT2D eigenvalue weighted by molar-refractivity contribution is 6.17. The molecule has 0 bridgehead atoms. The summed E-state index contributed by atoms with van der Waals surface area (Å²) in [7, 11) is 0. The zero-order valence-electron chi connectivity index (χ0n) is 18.8. The minimum Gasteiger partial charge on any atom is -0.291 e. The maximum absolute atomic E-state index is 5.03. The van der Waals surface area contributed by atoms with Crippen molar-refractivity contribution in [2.75, 3.05) is 0 Å². The van der Waals surface area contributed by atoms with E-state index in [0.29, 0.717) is 0 Å². The minimum atomic E-state index is 0.914. The standard InChI is InChI=1S/C31H18N4/c1-2-4-18-17(3-1)13-23-19(18)5-6-20-21-7-8-22-30(25(21)14-24(20)23)26-15-32-11-9-28(26)35-29-10-12-33-16-27(29)34-31(22)35/h1-12,15-16H,13-14H2. The molecule has 2 aliphatic carbocycles. The number of nitrogens with zero attached hydrogens (tertiary/aromatic N) is 4. The smallest absolute Gasteiger partial charge is 0.146 e. The van der Waals surface area contributed by atoms with Gasteiger partial charge in [0.15, 0.2) is 0 Å². The number of imidazole rings is 1. The molecule has 4 heterocycles. The van der Waals surface area contributed by atoms with E-state index < -0.39 is 0 Å². The Labute approximate surface area is 200 Å². The summed E-state index contributed by atoms with van der Waals surface area (Å²) >= 11 is 0. The number of hydrogen-bond donors (Lipinski definition) is 0. The molecule has 0 radical (unpaired) electrons. The predicted molar refractivity (Wildman–Crippen MR) is 140 cm³/mol. The molecule has 0 atom stereocenters. The Hall–Kier alpha value is -4.57. The average molecular weight is 447 g/mol. The van der Waals surface area contributed by atoms with Gasteiger partial charge < -0.3 is 0 Å². The molecule has 162 valence electrons. The molecule has 0 unspecified atom stereocenters. The van der Waals surface area contributed by atoms with E-state index in [9.17, 15) is 0 Å². The molecular weight excluding hydrogens is 428 g/mol. The third-order valence-electron chi connectivity index (χ3n) is 8.07. The van der Waals surface area contributed by atoms with E-state index in [1.807, 2.05) is 30.9 Å². The molecule has 0 saturated carbocycles. The highest BCUT2D eigenvalue weighted by Gasteiger charge is 2.29. The van der Waals surface area contributed by atoms with Crippen LogP contribution >= 0.6 is 0 Å². The Bertz CT molecular complexity index is 2070. The maximum atomic E-state index is 5.03. The highest BCUT2D eigenvalue weighted by atomic mass is 15.0. The zero-order valence-corrected chi connectivity index (χ0v) is 18.8. The van der Waals surface area contributed by atoms with Gasteiger partial charge in [-0.2, -0.15) is 0 Å². The molecule has 4 nitrogen and oxygen atoms in total. The second-order valence-electron chi connectivity index (χ2n) is 9.67. The monoisotopic (exact) mass is 446 g/mol. The van der Waals surface area contributed by atoms with Crippen LogP contribution in [0.4, 0.5) is 0 Å². The van der Waals surface area contributed by atoms with Crippen molar-refractivity contribution in [3.63, 3.8) is 0 Å². The molecule has 3 aromatic carbocycles. The normalized spacial score (nSPS) is 13.5. The van der Waals surface area contributed by atoms with Gasteiger partial charge in [0.25, 0.3) is 0 Å². The molecule has 0 amide bonds. The van der Waals surface area contributed by atoms with Crippen LogP contribution in [0.1, 0.15) is 22.3 Å². The van der Waals surface area contributed by atoms with Crippen molar-refractivity contribution in [2.45, 2.75) is 12.8 Å². The van der Waals surface area contributed by atoms with Gasteiger partial charge in [-0.3, -0.25) is 14.4 Å². The summed E-state index contributed by atoms with van der Waals surface area (Å²) in [5, 5.41) is 3.63. The van der Waals surface area contributed by atoms with Gasteiger partial charge in [0.1, 0.15) is 11.2 Å². The third-order valence-corrected chi connectivity index (χ3v) is 8.07. The quantitative estimate of drug-likeness (QED) is 0.243. The fourth-order valence-electron chi connectivity index (χ4n) is 6.62. The van der Waals surface area contributed by atoms with Crippen LogP contribution in [0.2, 0.25) is 0 Å². The van der Waals surface area contributed by atoms with E-state index in [0.717, 1.165) is 35.0 Å². The van der Waals surface area contributed by atoms with E-state index >= 15 is 0 Å². The van der Waals surface area contributed by atoms with Crippen molar-refractivity contribution in [3.8, 4) is 22.3 Å². The van der Waals surface area contributed by atoms with Gasteiger partial charge in [-0.15, -0.1) is 0 Å². The number of hydrogen-bond acceptors (Lipinski definition) is 3. The van der Waals surface area contributed by atoms with Gasteiger partial charge in [-0.25, -0.2) is 4.98 Å². The summed E-state index contributed by atoms with van der Waals surface area (Å²) in [5.41, 5.74) is 15.4. The first-order valence-electron chi connectivity index (χ1n) is 12.0.